The summed E-state index contributed by atoms with van der Waals surface area (Å²) in [5.41, 5.74) is 1.80. The third-order valence-electron chi connectivity index (χ3n) is 3.22. The minimum Gasteiger partial charge on any atom is -0.463 e. The van der Waals surface area contributed by atoms with E-state index < -0.39 is 0 Å². The van der Waals surface area contributed by atoms with Crippen LogP contribution in [0.2, 0.25) is 0 Å². The molecule has 1 aliphatic carbocycles. The Bertz CT molecular complexity index is 571. The molecule has 0 unspecified atom stereocenters. The Morgan fingerprint density at radius 3 is 2.29 bits per heavy atom. The van der Waals surface area contributed by atoms with Gasteiger partial charge in [0, 0.05) is 5.57 Å². The highest BCUT2D eigenvalue weighted by atomic mass is 16.5. The second-order valence-electron chi connectivity index (χ2n) is 4.67. The number of fused-ring (bicyclic) bond motifs is 1. The van der Waals surface area contributed by atoms with Gasteiger partial charge in [-0.25, -0.2) is 4.79 Å². The van der Waals surface area contributed by atoms with Gasteiger partial charge < -0.3 is 4.74 Å². The fourth-order valence-corrected chi connectivity index (χ4v) is 2.20. The first-order valence-corrected chi connectivity index (χ1v) is 6.94. The topological polar surface area (TPSA) is 72.5 Å². The molecule has 0 fully saturated rings. The molecular formula is C16H17NO4. The minimum absolute atomic E-state index is 0.125. The van der Waals surface area contributed by atoms with E-state index in [1.165, 1.54) is 0 Å². The molecule has 5 nitrogen and oxygen atoms in total. The molecule has 3 rings (SSSR count). The Labute approximate surface area is 123 Å². The molecule has 1 N–H and O–H groups in total. The van der Waals surface area contributed by atoms with Crippen molar-refractivity contribution in [1.82, 2.24) is 5.32 Å². The van der Waals surface area contributed by atoms with E-state index in [0.29, 0.717) is 17.7 Å². The zero-order valence-corrected chi connectivity index (χ0v) is 11.8. The number of rotatable bonds is 2. The van der Waals surface area contributed by atoms with Gasteiger partial charge in [-0.05, 0) is 38.3 Å². The number of amides is 2. The van der Waals surface area contributed by atoms with E-state index in [1.54, 1.807) is 24.3 Å². The van der Waals surface area contributed by atoms with Crippen molar-refractivity contribution in [1.29, 1.82) is 0 Å². The van der Waals surface area contributed by atoms with Crippen LogP contribution < -0.4 is 5.32 Å². The van der Waals surface area contributed by atoms with Crippen LogP contribution in [-0.4, -0.2) is 24.4 Å². The van der Waals surface area contributed by atoms with Crippen LogP contribution in [-0.2, 0) is 9.53 Å². The molecule has 1 aromatic carbocycles. The third kappa shape index (κ3) is 3.56. The van der Waals surface area contributed by atoms with Crippen molar-refractivity contribution in [3.63, 3.8) is 0 Å². The molecular weight excluding hydrogens is 270 g/mol. The molecule has 0 saturated carbocycles. The van der Waals surface area contributed by atoms with Gasteiger partial charge in [0.1, 0.15) is 0 Å². The van der Waals surface area contributed by atoms with Gasteiger partial charge in [0.05, 0.1) is 17.7 Å². The molecule has 0 aromatic heterocycles. The van der Waals surface area contributed by atoms with E-state index in [2.05, 4.69) is 5.32 Å². The third-order valence-corrected chi connectivity index (χ3v) is 3.22. The molecule has 5 heteroatoms. The maximum Gasteiger partial charge on any atom is 0.333 e. The predicted octanol–water partition coefficient (Wildman–Crippen LogP) is 2.23. The van der Waals surface area contributed by atoms with Gasteiger partial charge in [0.25, 0.3) is 11.8 Å². The summed E-state index contributed by atoms with van der Waals surface area (Å²) in [6, 6.07) is 6.74. The van der Waals surface area contributed by atoms with Gasteiger partial charge in [-0.15, -0.1) is 0 Å². The molecule has 0 spiro atoms. The number of ether oxygens (including phenoxy) is 1. The van der Waals surface area contributed by atoms with Crippen LogP contribution >= 0.6 is 0 Å². The fourth-order valence-electron chi connectivity index (χ4n) is 2.20. The van der Waals surface area contributed by atoms with E-state index in [4.69, 9.17) is 4.74 Å². The second-order valence-corrected chi connectivity index (χ2v) is 4.67. The summed E-state index contributed by atoms with van der Waals surface area (Å²) in [4.78, 5) is 32.8. The number of carbonyl (C=O) groups excluding carboxylic acids is 3. The summed E-state index contributed by atoms with van der Waals surface area (Å²) in [7, 11) is 0. The Kier molecular flexibility index (Phi) is 4.87. The number of nitrogens with one attached hydrogen (secondary N) is 1. The summed E-state index contributed by atoms with van der Waals surface area (Å²) < 4.78 is 4.82. The molecule has 110 valence electrons. The highest BCUT2D eigenvalue weighted by molar-refractivity contribution is 6.21. The molecule has 0 atom stereocenters. The molecule has 0 saturated heterocycles. The Hall–Kier alpha value is -2.43. The number of allylic oxidation sites excluding steroid dienone is 1. The van der Waals surface area contributed by atoms with Crippen LogP contribution in [0.15, 0.2) is 35.9 Å². The van der Waals surface area contributed by atoms with E-state index >= 15 is 0 Å². The summed E-state index contributed by atoms with van der Waals surface area (Å²) in [6.45, 7) is 2.31. The first-order valence-electron chi connectivity index (χ1n) is 6.94. The van der Waals surface area contributed by atoms with Crippen molar-refractivity contribution in [3.8, 4) is 0 Å². The molecule has 2 aliphatic rings. The van der Waals surface area contributed by atoms with Gasteiger partial charge in [0.15, 0.2) is 0 Å². The molecule has 0 bridgehead atoms. The zero-order chi connectivity index (χ0) is 15.2. The lowest BCUT2D eigenvalue weighted by Crippen LogP contribution is -2.19. The highest BCUT2D eigenvalue weighted by Gasteiger charge is 2.25. The predicted molar refractivity (Wildman–Crippen MR) is 76.8 cm³/mol. The minimum atomic E-state index is -0.300. The smallest absolute Gasteiger partial charge is 0.333 e. The summed E-state index contributed by atoms with van der Waals surface area (Å²) in [6.07, 6.45) is 5.01. The van der Waals surface area contributed by atoms with Crippen LogP contribution in [0.25, 0.3) is 0 Å². The highest BCUT2D eigenvalue weighted by Crippen LogP contribution is 2.18. The maximum absolute atomic E-state index is 11.0. The SMILES string of the molecule is CCOC(=O)C1=CCCC1.O=C1NC(=O)c2ccccc21. The van der Waals surface area contributed by atoms with Gasteiger partial charge >= 0.3 is 5.97 Å². The van der Waals surface area contributed by atoms with E-state index in [-0.39, 0.29) is 17.8 Å². The summed E-state index contributed by atoms with van der Waals surface area (Å²) in [5.74, 6) is -0.726. The van der Waals surface area contributed by atoms with Crippen molar-refractivity contribution in [2.24, 2.45) is 0 Å². The van der Waals surface area contributed by atoms with Gasteiger partial charge in [-0.3, -0.25) is 14.9 Å². The zero-order valence-electron chi connectivity index (χ0n) is 11.8. The van der Waals surface area contributed by atoms with Crippen LogP contribution in [0.4, 0.5) is 0 Å². The van der Waals surface area contributed by atoms with Crippen LogP contribution in [0.1, 0.15) is 46.9 Å². The van der Waals surface area contributed by atoms with E-state index in [1.807, 2.05) is 13.0 Å². The first-order chi connectivity index (χ1) is 10.1. The lowest BCUT2D eigenvalue weighted by Gasteiger charge is -1.99. The number of esters is 1. The normalized spacial score (nSPS) is 15.6. The van der Waals surface area contributed by atoms with Crippen molar-refractivity contribution in [2.45, 2.75) is 26.2 Å². The van der Waals surface area contributed by atoms with Crippen molar-refractivity contribution >= 4 is 17.8 Å². The average Bonchev–Trinajstić information content (AvgIpc) is 3.10. The number of carbonyl (C=O) groups is 3. The van der Waals surface area contributed by atoms with Crippen molar-refractivity contribution in [3.05, 3.63) is 47.0 Å². The molecule has 21 heavy (non-hydrogen) atoms. The molecule has 1 aliphatic heterocycles. The fraction of sp³-hybridized carbons (Fsp3) is 0.312. The monoisotopic (exact) mass is 287 g/mol. The quantitative estimate of drug-likeness (QED) is 0.668. The molecule has 0 radical (unpaired) electrons. The molecule has 2 amide bonds. The molecule has 1 aromatic rings. The van der Waals surface area contributed by atoms with Crippen LogP contribution in [0.3, 0.4) is 0 Å². The van der Waals surface area contributed by atoms with Crippen LogP contribution in [0, 0.1) is 0 Å². The Morgan fingerprint density at radius 2 is 1.81 bits per heavy atom. The summed E-state index contributed by atoms with van der Waals surface area (Å²) in [5, 5.41) is 2.20. The van der Waals surface area contributed by atoms with Crippen molar-refractivity contribution in [2.75, 3.05) is 6.61 Å². The standard InChI is InChI=1S/C8H5NO2.C8H12O2/c10-7-5-3-1-2-4-6(5)8(11)9-7;1-2-10-8(9)7-5-3-4-6-7/h1-4H,(H,9,10,11);5H,2-4,6H2,1H3. The Balaban J connectivity index is 0.000000155. The van der Waals surface area contributed by atoms with Gasteiger partial charge in [-0.2, -0.15) is 0 Å². The maximum atomic E-state index is 11.0. The number of benzene rings is 1. The lowest BCUT2D eigenvalue weighted by molar-refractivity contribution is -0.138. The average molecular weight is 287 g/mol. The van der Waals surface area contributed by atoms with Crippen molar-refractivity contribution < 1.29 is 19.1 Å². The Morgan fingerprint density at radius 1 is 1.19 bits per heavy atom. The number of imide groups is 1. The van der Waals surface area contributed by atoms with E-state index in [0.717, 1.165) is 24.8 Å². The second kappa shape index (κ2) is 6.83. The summed E-state index contributed by atoms with van der Waals surface area (Å²) >= 11 is 0. The lowest BCUT2D eigenvalue weighted by atomic mass is 10.1. The van der Waals surface area contributed by atoms with Gasteiger partial charge in [0.2, 0.25) is 0 Å². The molecule has 1 heterocycles. The van der Waals surface area contributed by atoms with E-state index in [9.17, 15) is 14.4 Å². The largest absolute Gasteiger partial charge is 0.463 e. The number of hydrogen-bond acceptors (Lipinski definition) is 4. The number of hydrogen-bond donors (Lipinski definition) is 1. The first kappa shape index (κ1) is 15.0. The van der Waals surface area contributed by atoms with Crippen LogP contribution in [0.5, 0.6) is 0 Å². The van der Waals surface area contributed by atoms with Gasteiger partial charge in [-0.1, -0.05) is 18.2 Å².